The van der Waals surface area contributed by atoms with Gasteiger partial charge in [-0.25, -0.2) is 9.78 Å². The maximum atomic E-state index is 11.2. The lowest BCUT2D eigenvalue weighted by molar-refractivity contribution is 0.0595. The molecule has 0 saturated heterocycles. The summed E-state index contributed by atoms with van der Waals surface area (Å²) < 4.78 is 5.42. The van der Waals surface area contributed by atoms with E-state index in [9.17, 15) is 4.79 Å². The molecule has 1 N–H and O–H groups in total. The number of carbonyl (C=O) groups excluding carboxylic acids is 1. The van der Waals surface area contributed by atoms with Gasteiger partial charge in [0.05, 0.1) is 13.3 Å². The van der Waals surface area contributed by atoms with Gasteiger partial charge in [-0.05, 0) is 22.0 Å². The number of hydrogen-bond donors (Lipinski definition) is 1. The highest BCUT2D eigenvalue weighted by atomic mass is 79.9. The highest BCUT2D eigenvalue weighted by molar-refractivity contribution is 9.10. The number of nitrogens with zero attached hydrogens (tertiary/aromatic N) is 2. The Balaban J connectivity index is 2.35. The van der Waals surface area contributed by atoms with E-state index in [-0.39, 0.29) is 0 Å². The molecule has 2 heterocycles. The average molecular weight is 282 g/mol. The summed E-state index contributed by atoms with van der Waals surface area (Å²) >= 11 is 3.31. The Morgan fingerprint density at radius 3 is 2.94 bits per heavy atom. The van der Waals surface area contributed by atoms with Gasteiger partial charge >= 0.3 is 5.97 Å². The summed E-state index contributed by atoms with van der Waals surface area (Å²) in [4.78, 5) is 22.2. The Bertz CT molecular complexity index is 524. The van der Waals surface area contributed by atoms with E-state index in [1.165, 1.54) is 13.3 Å². The zero-order valence-corrected chi connectivity index (χ0v) is 9.98. The van der Waals surface area contributed by atoms with Crippen molar-refractivity contribution in [1.29, 1.82) is 0 Å². The van der Waals surface area contributed by atoms with Crippen LogP contribution in [0.2, 0.25) is 0 Å². The van der Waals surface area contributed by atoms with Crippen LogP contribution in [0.25, 0.3) is 11.4 Å². The summed E-state index contributed by atoms with van der Waals surface area (Å²) in [6.45, 7) is 0. The molecular weight excluding hydrogens is 274 g/mol. The molecule has 2 aromatic rings. The lowest BCUT2D eigenvalue weighted by Gasteiger charge is -1.96. The van der Waals surface area contributed by atoms with Gasteiger partial charge in [0.15, 0.2) is 0 Å². The van der Waals surface area contributed by atoms with Crippen LogP contribution < -0.4 is 0 Å². The third-order valence-electron chi connectivity index (χ3n) is 1.96. The first kappa shape index (κ1) is 10.8. The van der Waals surface area contributed by atoms with Crippen LogP contribution in [0.1, 0.15) is 10.5 Å². The quantitative estimate of drug-likeness (QED) is 0.856. The molecule has 0 bridgehead atoms. The monoisotopic (exact) mass is 281 g/mol. The minimum absolute atomic E-state index is 0.317. The number of halogens is 1. The first-order valence-electron chi connectivity index (χ1n) is 4.45. The highest BCUT2D eigenvalue weighted by Crippen LogP contribution is 2.18. The summed E-state index contributed by atoms with van der Waals surface area (Å²) in [5.41, 5.74) is 1.11. The molecule has 16 heavy (non-hydrogen) atoms. The lowest BCUT2D eigenvalue weighted by Crippen LogP contribution is -2.00. The first-order valence-corrected chi connectivity index (χ1v) is 5.24. The van der Waals surface area contributed by atoms with Gasteiger partial charge in [0, 0.05) is 22.4 Å². The van der Waals surface area contributed by atoms with Crippen molar-refractivity contribution in [1.82, 2.24) is 15.0 Å². The van der Waals surface area contributed by atoms with Gasteiger partial charge in [-0.2, -0.15) is 0 Å². The summed E-state index contributed by atoms with van der Waals surface area (Å²) in [5.74, 6) is 0.135. The van der Waals surface area contributed by atoms with Crippen molar-refractivity contribution in [2.24, 2.45) is 0 Å². The molecule has 5 nitrogen and oxygen atoms in total. The molecule has 0 aromatic carbocycles. The van der Waals surface area contributed by atoms with E-state index in [1.807, 2.05) is 6.07 Å². The van der Waals surface area contributed by atoms with Crippen molar-refractivity contribution < 1.29 is 9.53 Å². The number of aromatic nitrogens is 3. The Morgan fingerprint density at radius 2 is 2.25 bits per heavy atom. The number of carbonyl (C=O) groups is 1. The van der Waals surface area contributed by atoms with Crippen LogP contribution in [0.4, 0.5) is 0 Å². The van der Waals surface area contributed by atoms with E-state index in [0.717, 1.165) is 10.0 Å². The van der Waals surface area contributed by atoms with Gasteiger partial charge in [-0.1, -0.05) is 0 Å². The maximum Gasteiger partial charge on any atom is 0.356 e. The molecule has 0 fully saturated rings. The number of esters is 1. The number of rotatable bonds is 2. The second-order valence-electron chi connectivity index (χ2n) is 3.03. The van der Waals surface area contributed by atoms with Crippen molar-refractivity contribution in [2.45, 2.75) is 0 Å². The molecule has 0 aliphatic heterocycles. The molecule has 0 unspecified atom stereocenters. The Morgan fingerprint density at radius 1 is 1.44 bits per heavy atom. The maximum absolute atomic E-state index is 11.2. The topological polar surface area (TPSA) is 67.9 Å². The molecule has 0 radical (unpaired) electrons. The van der Waals surface area contributed by atoms with E-state index >= 15 is 0 Å². The molecule has 0 atom stereocenters. The average Bonchev–Trinajstić information content (AvgIpc) is 2.77. The molecule has 0 spiro atoms. The third-order valence-corrected chi connectivity index (χ3v) is 2.39. The Kier molecular flexibility index (Phi) is 3.00. The number of aromatic amines is 1. The van der Waals surface area contributed by atoms with Gasteiger partial charge in [-0.15, -0.1) is 0 Å². The van der Waals surface area contributed by atoms with E-state index in [1.54, 1.807) is 12.4 Å². The van der Waals surface area contributed by atoms with Crippen LogP contribution >= 0.6 is 15.9 Å². The minimum atomic E-state index is -0.443. The number of imidazole rings is 1. The number of pyridine rings is 1. The first-order chi connectivity index (χ1) is 7.70. The summed E-state index contributed by atoms with van der Waals surface area (Å²) in [7, 11) is 1.32. The van der Waals surface area contributed by atoms with Gasteiger partial charge in [0.1, 0.15) is 11.5 Å². The normalized spacial score (nSPS) is 10.1. The fourth-order valence-electron chi connectivity index (χ4n) is 1.22. The highest BCUT2D eigenvalue weighted by Gasteiger charge is 2.10. The van der Waals surface area contributed by atoms with Crippen molar-refractivity contribution >= 4 is 21.9 Å². The number of H-pyrrole nitrogens is 1. The molecule has 2 rings (SSSR count). The number of hydrogen-bond acceptors (Lipinski definition) is 4. The molecule has 6 heteroatoms. The van der Waals surface area contributed by atoms with Crippen molar-refractivity contribution in [3.05, 3.63) is 34.8 Å². The van der Waals surface area contributed by atoms with Crippen LogP contribution in [0.5, 0.6) is 0 Å². The van der Waals surface area contributed by atoms with Crippen LogP contribution in [-0.2, 0) is 4.74 Å². The molecule has 2 aromatic heterocycles. The van der Waals surface area contributed by atoms with Crippen molar-refractivity contribution in [2.75, 3.05) is 7.11 Å². The number of methoxy groups -OCH3 is 1. The largest absolute Gasteiger partial charge is 0.464 e. The van der Waals surface area contributed by atoms with Crippen LogP contribution in [-0.4, -0.2) is 28.0 Å². The standard InChI is InChI=1S/C10H8BrN3O2/c1-16-10(15)8-5-13-9(14-8)6-2-7(11)4-12-3-6/h2-5H,1H3,(H,13,14). The Labute approximate surface area is 100 Å². The zero-order chi connectivity index (χ0) is 11.5. The van der Waals surface area contributed by atoms with Crippen LogP contribution in [0, 0.1) is 0 Å². The van der Waals surface area contributed by atoms with Crippen LogP contribution in [0.3, 0.4) is 0 Å². The van der Waals surface area contributed by atoms with Gasteiger partial charge in [-0.3, -0.25) is 4.98 Å². The third kappa shape index (κ3) is 2.11. The van der Waals surface area contributed by atoms with Gasteiger partial charge in [0.25, 0.3) is 0 Å². The fraction of sp³-hybridized carbons (Fsp3) is 0.100. The smallest absolute Gasteiger partial charge is 0.356 e. The van der Waals surface area contributed by atoms with E-state index in [4.69, 9.17) is 0 Å². The molecule has 0 aliphatic carbocycles. The summed E-state index contributed by atoms with van der Waals surface area (Å²) in [6.07, 6.45) is 4.76. The van der Waals surface area contributed by atoms with Crippen LogP contribution in [0.15, 0.2) is 29.1 Å². The second kappa shape index (κ2) is 4.44. The second-order valence-corrected chi connectivity index (χ2v) is 3.94. The van der Waals surface area contributed by atoms with E-state index < -0.39 is 5.97 Å². The Hall–Kier alpha value is -1.69. The fourth-order valence-corrected chi connectivity index (χ4v) is 1.59. The van der Waals surface area contributed by atoms with Gasteiger partial charge < -0.3 is 9.72 Å². The summed E-state index contributed by atoms with van der Waals surface area (Å²) in [6, 6.07) is 1.85. The van der Waals surface area contributed by atoms with E-state index in [0.29, 0.717) is 11.5 Å². The predicted molar refractivity (Wildman–Crippen MR) is 60.9 cm³/mol. The van der Waals surface area contributed by atoms with Crippen molar-refractivity contribution in [3.63, 3.8) is 0 Å². The van der Waals surface area contributed by atoms with Crippen molar-refractivity contribution in [3.8, 4) is 11.4 Å². The molecule has 0 aliphatic rings. The zero-order valence-electron chi connectivity index (χ0n) is 8.40. The molecule has 0 saturated carbocycles. The molecular formula is C10H8BrN3O2. The van der Waals surface area contributed by atoms with E-state index in [2.05, 4.69) is 35.6 Å². The number of ether oxygens (including phenoxy) is 1. The summed E-state index contributed by atoms with van der Waals surface area (Å²) in [5, 5.41) is 0. The SMILES string of the molecule is COC(=O)c1cnc(-c2cncc(Br)c2)[nH]1. The molecule has 0 amide bonds. The predicted octanol–water partition coefficient (Wildman–Crippen LogP) is 2.02. The molecule has 82 valence electrons. The van der Waals surface area contributed by atoms with Gasteiger partial charge in [0.2, 0.25) is 0 Å². The number of nitrogens with one attached hydrogen (secondary N) is 1. The minimum Gasteiger partial charge on any atom is -0.464 e. The lowest BCUT2D eigenvalue weighted by atomic mass is 10.3.